The van der Waals surface area contributed by atoms with E-state index in [0.29, 0.717) is 23.5 Å². The Kier molecular flexibility index (Phi) is 5.28. The van der Waals surface area contributed by atoms with Gasteiger partial charge in [0.25, 0.3) is 0 Å². The number of carbonyl (C=O) groups is 1. The first-order chi connectivity index (χ1) is 14.2. The molecule has 0 aliphatic carbocycles. The lowest BCUT2D eigenvalue weighted by molar-refractivity contribution is 0.0526. The zero-order chi connectivity index (χ0) is 20.4. The molecule has 0 unspecified atom stereocenters. The van der Waals surface area contributed by atoms with Gasteiger partial charge in [0.15, 0.2) is 5.16 Å². The van der Waals surface area contributed by atoms with Crippen LogP contribution in [0.1, 0.15) is 35.3 Å². The first-order valence-electron chi connectivity index (χ1n) is 9.45. The Labute approximate surface area is 172 Å². The number of esters is 1. The fourth-order valence-electron chi connectivity index (χ4n) is 3.42. The van der Waals surface area contributed by atoms with E-state index < -0.39 is 0 Å². The Balaban J connectivity index is 1.66. The predicted molar refractivity (Wildman–Crippen MR) is 113 cm³/mol. The van der Waals surface area contributed by atoms with Gasteiger partial charge < -0.3 is 13.7 Å². The van der Waals surface area contributed by atoms with Crippen molar-refractivity contribution in [3.63, 3.8) is 0 Å². The highest BCUT2D eigenvalue weighted by molar-refractivity contribution is 7.98. The maximum Gasteiger partial charge on any atom is 0.338 e. The highest BCUT2D eigenvalue weighted by atomic mass is 32.2. The molecule has 0 radical (unpaired) electrons. The number of thioether (sulfide) groups is 1. The number of rotatable bonds is 6. The Morgan fingerprint density at radius 2 is 2.10 bits per heavy atom. The third-order valence-corrected chi connectivity index (χ3v) is 5.80. The topological polar surface area (TPSA) is 72.3 Å². The minimum atomic E-state index is -0.339. The van der Waals surface area contributed by atoms with Gasteiger partial charge in [-0.2, -0.15) is 5.26 Å². The Hall–Kier alpha value is -3.24. The quantitative estimate of drug-likeness (QED) is 0.345. The summed E-state index contributed by atoms with van der Waals surface area (Å²) in [6.07, 6.45) is 3.95. The maximum absolute atomic E-state index is 12.0. The fourth-order valence-corrected chi connectivity index (χ4v) is 4.47. The van der Waals surface area contributed by atoms with Gasteiger partial charge >= 0.3 is 5.97 Å². The number of hydrogen-bond acceptors (Lipinski definition) is 5. The number of pyridine rings is 1. The third kappa shape index (κ3) is 3.47. The molecule has 0 spiro atoms. The zero-order valence-electron chi connectivity index (χ0n) is 16.3. The molecule has 29 heavy (non-hydrogen) atoms. The Bertz CT molecular complexity index is 1250. The molecular formula is C22H20N4O2S. The van der Waals surface area contributed by atoms with Crippen LogP contribution in [-0.4, -0.2) is 26.5 Å². The maximum atomic E-state index is 12.0. The fraction of sp³-hybridized carbons (Fsp3) is 0.227. The molecule has 6 nitrogen and oxygen atoms in total. The van der Waals surface area contributed by atoms with Crippen LogP contribution < -0.4 is 0 Å². The molecule has 0 saturated heterocycles. The van der Waals surface area contributed by atoms with E-state index in [0.717, 1.165) is 33.8 Å². The lowest BCUT2D eigenvalue weighted by atomic mass is 10.2. The summed E-state index contributed by atoms with van der Waals surface area (Å²) in [6, 6.07) is 13.6. The van der Waals surface area contributed by atoms with Gasteiger partial charge in [-0.05, 0) is 49.7 Å². The molecule has 0 saturated carbocycles. The van der Waals surface area contributed by atoms with Crippen molar-refractivity contribution in [2.45, 2.75) is 31.3 Å². The number of aryl methyl sites for hydroxylation is 1. The summed E-state index contributed by atoms with van der Waals surface area (Å²) in [5.41, 5.74) is 4.83. The molecule has 0 amide bonds. The molecule has 3 aromatic heterocycles. The number of aromatic nitrogens is 3. The van der Waals surface area contributed by atoms with E-state index in [9.17, 15) is 10.1 Å². The van der Waals surface area contributed by atoms with Crippen molar-refractivity contribution in [3.05, 3.63) is 65.5 Å². The van der Waals surface area contributed by atoms with Gasteiger partial charge in [0.05, 0.1) is 34.3 Å². The van der Waals surface area contributed by atoms with E-state index >= 15 is 0 Å². The average Bonchev–Trinajstić information content (AvgIpc) is 3.28. The van der Waals surface area contributed by atoms with Gasteiger partial charge in [-0.25, -0.2) is 9.78 Å². The number of nitriles is 1. The number of fused-ring (bicyclic) bond motifs is 2. The van der Waals surface area contributed by atoms with Crippen LogP contribution in [0.25, 0.3) is 16.6 Å². The lowest BCUT2D eigenvalue weighted by Gasteiger charge is -2.05. The number of ether oxygens (including phenoxy) is 1. The van der Waals surface area contributed by atoms with Gasteiger partial charge in [0.1, 0.15) is 6.07 Å². The van der Waals surface area contributed by atoms with Crippen LogP contribution in [0.3, 0.4) is 0 Å². The van der Waals surface area contributed by atoms with Crippen molar-refractivity contribution in [3.8, 4) is 6.07 Å². The van der Waals surface area contributed by atoms with Crippen molar-refractivity contribution in [1.29, 1.82) is 5.26 Å². The van der Waals surface area contributed by atoms with Crippen molar-refractivity contribution < 1.29 is 9.53 Å². The molecule has 146 valence electrons. The third-order valence-electron chi connectivity index (χ3n) is 4.77. The van der Waals surface area contributed by atoms with Crippen LogP contribution >= 0.6 is 11.8 Å². The van der Waals surface area contributed by atoms with Gasteiger partial charge in [-0.15, -0.1) is 0 Å². The summed E-state index contributed by atoms with van der Waals surface area (Å²) in [4.78, 5) is 16.8. The van der Waals surface area contributed by atoms with E-state index in [2.05, 4.69) is 17.6 Å². The standard InChI is InChI=1S/C22H20N4O2S/c1-3-26-20-9-8-15(21(27)28-4-2)11-18(20)24-22(26)29-14-16-13-25-10-6-5-7-19(25)17(16)12-23/h5-11,13H,3-4,14H2,1-2H3. The Morgan fingerprint density at radius 1 is 1.24 bits per heavy atom. The monoisotopic (exact) mass is 404 g/mol. The summed E-state index contributed by atoms with van der Waals surface area (Å²) in [6.45, 7) is 4.96. The van der Waals surface area contributed by atoms with Crippen LogP contribution in [0.15, 0.2) is 53.9 Å². The van der Waals surface area contributed by atoms with Crippen LogP contribution in [0, 0.1) is 11.3 Å². The molecular weight excluding hydrogens is 384 g/mol. The van der Waals surface area contributed by atoms with Gasteiger partial charge in [0.2, 0.25) is 0 Å². The molecule has 0 atom stereocenters. The van der Waals surface area contributed by atoms with E-state index in [-0.39, 0.29) is 5.97 Å². The minimum absolute atomic E-state index is 0.339. The smallest absolute Gasteiger partial charge is 0.338 e. The van der Waals surface area contributed by atoms with E-state index in [4.69, 9.17) is 9.72 Å². The Morgan fingerprint density at radius 3 is 2.86 bits per heavy atom. The molecule has 0 fully saturated rings. The molecule has 0 N–H and O–H groups in total. The lowest BCUT2D eigenvalue weighted by Crippen LogP contribution is -2.04. The number of nitrogens with zero attached hydrogens (tertiary/aromatic N) is 4. The van der Waals surface area contributed by atoms with Crippen molar-refractivity contribution >= 4 is 34.3 Å². The van der Waals surface area contributed by atoms with Crippen LogP contribution in [-0.2, 0) is 17.0 Å². The molecule has 4 aromatic rings. The van der Waals surface area contributed by atoms with E-state index in [1.54, 1.807) is 30.8 Å². The predicted octanol–water partition coefficient (Wildman–Crippen LogP) is 4.65. The molecule has 0 aliphatic heterocycles. The number of hydrogen-bond donors (Lipinski definition) is 0. The summed E-state index contributed by atoms with van der Waals surface area (Å²) in [5.74, 6) is 0.298. The van der Waals surface area contributed by atoms with Crippen molar-refractivity contribution in [1.82, 2.24) is 14.0 Å². The molecule has 7 heteroatoms. The van der Waals surface area contributed by atoms with Crippen LogP contribution in [0.5, 0.6) is 0 Å². The van der Waals surface area contributed by atoms with E-state index in [1.807, 2.05) is 41.1 Å². The second-order valence-electron chi connectivity index (χ2n) is 6.49. The highest BCUT2D eigenvalue weighted by Crippen LogP contribution is 2.30. The summed E-state index contributed by atoms with van der Waals surface area (Å²) in [5, 5.41) is 10.5. The average molecular weight is 404 g/mol. The summed E-state index contributed by atoms with van der Waals surface area (Å²) < 4.78 is 9.19. The highest BCUT2D eigenvalue weighted by Gasteiger charge is 2.16. The SMILES string of the molecule is CCOC(=O)c1ccc2c(c1)nc(SCc1cn3ccccc3c1C#N)n2CC. The summed E-state index contributed by atoms with van der Waals surface area (Å²) >= 11 is 1.59. The molecule has 0 aliphatic rings. The largest absolute Gasteiger partial charge is 0.462 e. The van der Waals surface area contributed by atoms with Crippen LogP contribution in [0.4, 0.5) is 0 Å². The molecule has 1 aromatic carbocycles. The van der Waals surface area contributed by atoms with Gasteiger partial charge in [-0.3, -0.25) is 0 Å². The first-order valence-corrected chi connectivity index (χ1v) is 10.4. The second-order valence-corrected chi connectivity index (χ2v) is 7.43. The number of carbonyl (C=O) groups excluding carboxylic acids is 1. The summed E-state index contributed by atoms with van der Waals surface area (Å²) in [7, 11) is 0. The molecule has 0 bridgehead atoms. The van der Waals surface area contributed by atoms with Crippen LogP contribution in [0.2, 0.25) is 0 Å². The van der Waals surface area contributed by atoms with Gasteiger partial charge in [0, 0.05) is 24.7 Å². The first kappa shape index (κ1) is 19.1. The van der Waals surface area contributed by atoms with Crippen molar-refractivity contribution in [2.24, 2.45) is 0 Å². The zero-order valence-corrected chi connectivity index (χ0v) is 17.1. The van der Waals surface area contributed by atoms with Crippen molar-refractivity contribution in [2.75, 3.05) is 6.61 Å². The number of benzene rings is 1. The normalized spacial score (nSPS) is 11.1. The second kappa shape index (κ2) is 8.02. The molecule has 4 rings (SSSR count). The van der Waals surface area contributed by atoms with E-state index in [1.165, 1.54) is 0 Å². The molecule has 3 heterocycles. The number of imidazole rings is 1. The van der Waals surface area contributed by atoms with Gasteiger partial charge in [-0.1, -0.05) is 17.8 Å². The minimum Gasteiger partial charge on any atom is -0.462 e.